The fourth-order valence-corrected chi connectivity index (χ4v) is 3.46. The zero-order valence-corrected chi connectivity index (χ0v) is 15.0. The van der Waals surface area contributed by atoms with Gasteiger partial charge in [0.25, 0.3) is 0 Å². The molecule has 2 aromatic carbocycles. The minimum absolute atomic E-state index is 0.0577. The first-order chi connectivity index (χ1) is 11.4. The Hall–Kier alpha value is -2.34. The van der Waals surface area contributed by atoms with Crippen molar-refractivity contribution < 1.29 is 0 Å². The van der Waals surface area contributed by atoms with Gasteiger partial charge in [0, 0.05) is 0 Å². The van der Waals surface area contributed by atoms with Crippen molar-refractivity contribution in [3.05, 3.63) is 95.6 Å². The molecule has 0 aliphatic heterocycles. The highest BCUT2D eigenvalue weighted by Gasteiger charge is 2.34. The fraction of sp³-hybridized carbons (Fsp3) is 0.250. The standard InChI is InChI=1S/C24H26/c1-17-6-10-21(11-7-17)19(3)15-24(5)16-23(14-20(24)4)22-12-8-18(2)9-13-22/h6-14H,3-4,15-16H2,1-2,5H3. The van der Waals surface area contributed by atoms with Gasteiger partial charge in [0.15, 0.2) is 0 Å². The lowest BCUT2D eigenvalue weighted by Gasteiger charge is -2.27. The number of hydrogen-bond donors (Lipinski definition) is 0. The molecule has 0 nitrogen and oxygen atoms in total. The Labute approximate surface area is 146 Å². The Kier molecular flexibility index (Phi) is 4.32. The van der Waals surface area contributed by atoms with E-state index in [1.54, 1.807) is 0 Å². The van der Waals surface area contributed by atoms with Crippen LogP contribution in [0.4, 0.5) is 0 Å². The van der Waals surface area contributed by atoms with E-state index < -0.39 is 0 Å². The topological polar surface area (TPSA) is 0 Å². The van der Waals surface area contributed by atoms with Crippen molar-refractivity contribution in [2.45, 2.75) is 33.6 Å². The van der Waals surface area contributed by atoms with Crippen LogP contribution in [0.3, 0.4) is 0 Å². The van der Waals surface area contributed by atoms with Gasteiger partial charge in [-0.25, -0.2) is 0 Å². The first-order valence-electron chi connectivity index (χ1n) is 8.59. The van der Waals surface area contributed by atoms with E-state index in [9.17, 15) is 0 Å². The van der Waals surface area contributed by atoms with Gasteiger partial charge < -0.3 is 0 Å². The highest BCUT2D eigenvalue weighted by molar-refractivity contribution is 5.75. The molecule has 1 aliphatic rings. The zero-order chi connectivity index (χ0) is 17.3. The molecular formula is C24H26. The Morgan fingerprint density at radius 1 is 0.958 bits per heavy atom. The number of hydrogen-bond acceptors (Lipinski definition) is 0. The van der Waals surface area contributed by atoms with Gasteiger partial charge in [-0.3, -0.25) is 0 Å². The maximum atomic E-state index is 4.34. The van der Waals surface area contributed by atoms with Gasteiger partial charge >= 0.3 is 0 Å². The predicted octanol–water partition coefficient (Wildman–Crippen LogP) is 6.76. The molecule has 2 aromatic rings. The summed E-state index contributed by atoms with van der Waals surface area (Å²) in [5.41, 5.74) is 8.98. The van der Waals surface area contributed by atoms with Crippen molar-refractivity contribution in [3.63, 3.8) is 0 Å². The lowest BCUT2D eigenvalue weighted by atomic mass is 9.76. The third-order valence-corrected chi connectivity index (χ3v) is 5.19. The van der Waals surface area contributed by atoms with E-state index in [0.717, 1.165) is 12.8 Å². The van der Waals surface area contributed by atoms with Crippen LogP contribution >= 0.6 is 0 Å². The van der Waals surface area contributed by atoms with E-state index in [1.165, 1.54) is 39.0 Å². The summed E-state index contributed by atoms with van der Waals surface area (Å²) >= 11 is 0. The van der Waals surface area contributed by atoms with Crippen LogP contribution in [-0.2, 0) is 0 Å². The second kappa shape index (κ2) is 6.28. The zero-order valence-electron chi connectivity index (χ0n) is 15.0. The molecule has 0 heterocycles. The molecular weight excluding hydrogens is 288 g/mol. The van der Waals surface area contributed by atoms with Crippen molar-refractivity contribution in [1.82, 2.24) is 0 Å². The SMILES string of the molecule is C=C(CC1(C)CC(c2ccc(C)cc2)=CC1=C)c1ccc(C)cc1. The average Bonchev–Trinajstić information content (AvgIpc) is 2.83. The molecule has 1 aliphatic carbocycles. The van der Waals surface area contributed by atoms with Crippen molar-refractivity contribution in [1.29, 1.82) is 0 Å². The van der Waals surface area contributed by atoms with Gasteiger partial charge in [-0.15, -0.1) is 0 Å². The van der Waals surface area contributed by atoms with Crippen LogP contribution in [0.1, 0.15) is 42.0 Å². The number of allylic oxidation sites excluding steroid dienone is 4. The summed E-state index contributed by atoms with van der Waals surface area (Å²) in [6.45, 7) is 15.2. The Bertz CT molecular complexity index is 800. The fourth-order valence-electron chi connectivity index (χ4n) is 3.46. The summed E-state index contributed by atoms with van der Waals surface area (Å²) in [6, 6.07) is 17.5. The third kappa shape index (κ3) is 3.28. The number of rotatable bonds is 4. The summed E-state index contributed by atoms with van der Waals surface area (Å²) < 4.78 is 0. The van der Waals surface area contributed by atoms with E-state index in [-0.39, 0.29) is 5.41 Å². The Morgan fingerprint density at radius 3 is 2.08 bits per heavy atom. The van der Waals surface area contributed by atoms with Crippen LogP contribution in [0.25, 0.3) is 11.1 Å². The average molecular weight is 314 g/mol. The normalized spacial score (nSPS) is 20.1. The Balaban J connectivity index is 1.77. The second-order valence-electron chi connectivity index (χ2n) is 7.44. The maximum absolute atomic E-state index is 4.34. The van der Waals surface area contributed by atoms with Crippen LogP contribution in [0.15, 0.2) is 73.3 Å². The lowest BCUT2D eigenvalue weighted by molar-refractivity contribution is 0.448. The summed E-state index contributed by atoms with van der Waals surface area (Å²) in [7, 11) is 0. The van der Waals surface area contributed by atoms with Gasteiger partial charge in [-0.1, -0.05) is 85.8 Å². The molecule has 0 amide bonds. The van der Waals surface area contributed by atoms with Crippen molar-refractivity contribution >= 4 is 11.1 Å². The number of benzene rings is 2. The second-order valence-corrected chi connectivity index (χ2v) is 7.44. The first-order valence-corrected chi connectivity index (χ1v) is 8.59. The van der Waals surface area contributed by atoms with Gasteiger partial charge in [-0.2, -0.15) is 0 Å². The van der Waals surface area contributed by atoms with E-state index in [1.807, 2.05) is 0 Å². The molecule has 1 unspecified atom stereocenters. The molecule has 0 N–H and O–H groups in total. The summed E-state index contributed by atoms with van der Waals surface area (Å²) in [4.78, 5) is 0. The van der Waals surface area contributed by atoms with Gasteiger partial charge in [0.2, 0.25) is 0 Å². The molecule has 0 radical (unpaired) electrons. The quantitative estimate of drug-likeness (QED) is 0.585. The van der Waals surface area contributed by atoms with E-state index in [4.69, 9.17) is 0 Å². The molecule has 0 bridgehead atoms. The molecule has 0 heteroatoms. The summed E-state index contributed by atoms with van der Waals surface area (Å²) in [5.74, 6) is 0. The molecule has 1 atom stereocenters. The monoisotopic (exact) mass is 314 g/mol. The van der Waals surface area contributed by atoms with Gasteiger partial charge in [-0.05, 0) is 60.0 Å². The minimum atomic E-state index is 0.0577. The molecule has 0 spiro atoms. The van der Waals surface area contributed by atoms with Gasteiger partial charge in [0.05, 0.1) is 0 Å². The van der Waals surface area contributed by atoms with Crippen LogP contribution in [0, 0.1) is 19.3 Å². The van der Waals surface area contributed by atoms with E-state index in [0.29, 0.717) is 0 Å². The Morgan fingerprint density at radius 2 is 1.50 bits per heavy atom. The highest BCUT2D eigenvalue weighted by Crippen LogP contribution is 2.49. The van der Waals surface area contributed by atoms with Crippen LogP contribution < -0.4 is 0 Å². The molecule has 24 heavy (non-hydrogen) atoms. The van der Waals surface area contributed by atoms with Crippen molar-refractivity contribution in [2.75, 3.05) is 0 Å². The molecule has 0 saturated heterocycles. The molecule has 122 valence electrons. The maximum Gasteiger partial charge on any atom is -0.0000141 e. The number of aryl methyl sites for hydroxylation is 2. The van der Waals surface area contributed by atoms with Gasteiger partial charge in [0.1, 0.15) is 0 Å². The predicted molar refractivity (Wildman–Crippen MR) is 106 cm³/mol. The van der Waals surface area contributed by atoms with Crippen LogP contribution in [0.2, 0.25) is 0 Å². The molecule has 3 rings (SSSR count). The molecule has 0 aromatic heterocycles. The summed E-state index contributed by atoms with van der Waals surface area (Å²) in [5, 5.41) is 0. The summed E-state index contributed by atoms with van der Waals surface area (Å²) in [6.07, 6.45) is 4.24. The van der Waals surface area contributed by atoms with Crippen molar-refractivity contribution in [3.8, 4) is 0 Å². The lowest BCUT2D eigenvalue weighted by Crippen LogP contribution is -2.14. The molecule has 0 saturated carbocycles. The van der Waals surface area contributed by atoms with Crippen LogP contribution in [-0.4, -0.2) is 0 Å². The minimum Gasteiger partial charge on any atom is -0.0952 e. The highest BCUT2D eigenvalue weighted by atomic mass is 14.4. The van der Waals surface area contributed by atoms with Crippen molar-refractivity contribution in [2.24, 2.45) is 5.41 Å². The van der Waals surface area contributed by atoms with Crippen LogP contribution in [0.5, 0.6) is 0 Å². The van der Waals surface area contributed by atoms with E-state index in [2.05, 4.69) is 88.5 Å². The molecule has 0 fully saturated rings. The third-order valence-electron chi connectivity index (χ3n) is 5.19. The first kappa shape index (κ1) is 16.5. The largest absolute Gasteiger partial charge is 0.0952 e. The van der Waals surface area contributed by atoms with E-state index >= 15 is 0 Å². The smallest absolute Gasteiger partial charge is 0.0000141 e.